The van der Waals surface area contributed by atoms with Crippen molar-refractivity contribution in [2.75, 3.05) is 4.90 Å². The molecule has 0 spiro atoms. The minimum atomic E-state index is 0.892. The van der Waals surface area contributed by atoms with Crippen LogP contribution in [0.2, 0.25) is 0 Å². The molecule has 0 radical (unpaired) electrons. The normalized spacial score (nSPS) is 11.3. The number of furan rings is 1. The standard InChI is InChI=1S/C46H31NO/c1-2-11-32(12-3-1)34-21-23-35(24-22-34)36-25-28-38(29-26-36)47(39-30-27-33-13-4-5-14-37(33)31-39)43-18-8-6-15-40(43)41-17-10-20-45-46(41)42-16-7-9-19-44(42)48-45/h1-31H. The lowest BCUT2D eigenvalue weighted by atomic mass is 9.96. The van der Waals surface area contributed by atoms with E-state index in [0.717, 1.165) is 50.1 Å². The fourth-order valence-corrected chi connectivity index (χ4v) is 6.93. The smallest absolute Gasteiger partial charge is 0.136 e. The fourth-order valence-electron chi connectivity index (χ4n) is 6.93. The van der Waals surface area contributed by atoms with Gasteiger partial charge in [0.05, 0.1) is 5.69 Å². The van der Waals surface area contributed by atoms with Crippen LogP contribution in [-0.4, -0.2) is 0 Å². The van der Waals surface area contributed by atoms with Gasteiger partial charge in [0.25, 0.3) is 0 Å². The highest BCUT2D eigenvalue weighted by atomic mass is 16.3. The van der Waals surface area contributed by atoms with Crippen molar-refractivity contribution in [1.29, 1.82) is 0 Å². The third kappa shape index (κ3) is 4.92. The van der Waals surface area contributed by atoms with Gasteiger partial charge in [0.2, 0.25) is 0 Å². The maximum absolute atomic E-state index is 6.31. The molecule has 0 saturated carbocycles. The van der Waals surface area contributed by atoms with Gasteiger partial charge in [0, 0.05) is 27.7 Å². The van der Waals surface area contributed by atoms with Gasteiger partial charge in [-0.2, -0.15) is 0 Å². The van der Waals surface area contributed by atoms with Crippen LogP contribution in [0, 0.1) is 0 Å². The zero-order chi connectivity index (χ0) is 31.9. The minimum absolute atomic E-state index is 0.892. The van der Waals surface area contributed by atoms with Crippen LogP contribution in [0.4, 0.5) is 17.1 Å². The van der Waals surface area contributed by atoms with Gasteiger partial charge >= 0.3 is 0 Å². The monoisotopic (exact) mass is 613 g/mol. The Morgan fingerprint density at radius 3 is 1.71 bits per heavy atom. The minimum Gasteiger partial charge on any atom is -0.456 e. The Morgan fingerprint density at radius 1 is 0.354 bits per heavy atom. The van der Waals surface area contributed by atoms with Crippen molar-refractivity contribution in [2.24, 2.45) is 0 Å². The summed E-state index contributed by atoms with van der Waals surface area (Å²) in [7, 11) is 0. The van der Waals surface area contributed by atoms with E-state index in [-0.39, 0.29) is 0 Å². The molecule has 1 aromatic heterocycles. The van der Waals surface area contributed by atoms with Gasteiger partial charge < -0.3 is 9.32 Å². The van der Waals surface area contributed by atoms with E-state index >= 15 is 0 Å². The predicted octanol–water partition coefficient (Wildman–Crippen LogP) is 13.2. The van der Waals surface area contributed by atoms with E-state index in [1.54, 1.807) is 0 Å². The van der Waals surface area contributed by atoms with Crippen molar-refractivity contribution in [1.82, 2.24) is 0 Å². The number of hydrogen-bond donors (Lipinski definition) is 0. The van der Waals surface area contributed by atoms with Crippen LogP contribution in [0.15, 0.2) is 192 Å². The van der Waals surface area contributed by atoms with Crippen molar-refractivity contribution in [3.05, 3.63) is 188 Å². The molecule has 9 aromatic rings. The third-order valence-corrected chi connectivity index (χ3v) is 9.28. The second-order valence-corrected chi connectivity index (χ2v) is 12.2. The summed E-state index contributed by atoms with van der Waals surface area (Å²) in [6.07, 6.45) is 0. The molecule has 226 valence electrons. The molecule has 48 heavy (non-hydrogen) atoms. The quantitative estimate of drug-likeness (QED) is 0.185. The first-order chi connectivity index (χ1) is 23.8. The molecule has 2 heteroatoms. The Labute approximate surface area is 279 Å². The van der Waals surface area contributed by atoms with Gasteiger partial charge in [0.1, 0.15) is 11.2 Å². The Morgan fingerprint density at radius 2 is 0.917 bits per heavy atom. The molecule has 0 unspecified atom stereocenters. The highest BCUT2D eigenvalue weighted by molar-refractivity contribution is 6.14. The summed E-state index contributed by atoms with van der Waals surface area (Å²) in [5.41, 5.74) is 12.2. The highest BCUT2D eigenvalue weighted by Gasteiger charge is 2.20. The predicted molar refractivity (Wildman–Crippen MR) is 202 cm³/mol. The first-order valence-electron chi connectivity index (χ1n) is 16.3. The Bertz CT molecular complexity index is 2540. The van der Waals surface area contributed by atoms with Crippen LogP contribution in [0.5, 0.6) is 0 Å². The summed E-state index contributed by atoms with van der Waals surface area (Å²) < 4.78 is 6.31. The summed E-state index contributed by atoms with van der Waals surface area (Å²) in [5.74, 6) is 0. The van der Waals surface area contributed by atoms with Crippen molar-refractivity contribution in [3.63, 3.8) is 0 Å². The van der Waals surface area contributed by atoms with Gasteiger partial charge in [0.15, 0.2) is 0 Å². The second-order valence-electron chi connectivity index (χ2n) is 12.2. The van der Waals surface area contributed by atoms with Crippen LogP contribution in [-0.2, 0) is 0 Å². The van der Waals surface area contributed by atoms with Gasteiger partial charge in [-0.15, -0.1) is 0 Å². The molecule has 0 aliphatic rings. The number of anilines is 3. The van der Waals surface area contributed by atoms with E-state index in [2.05, 4.69) is 181 Å². The molecule has 1 heterocycles. The molecule has 0 N–H and O–H groups in total. The van der Waals surface area contributed by atoms with E-state index < -0.39 is 0 Å². The zero-order valence-corrected chi connectivity index (χ0v) is 26.3. The lowest BCUT2D eigenvalue weighted by molar-refractivity contribution is 0.669. The maximum atomic E-state index is 6.31. The molecule has 9 rings (SSSR count). The highest BCUT2D eigenvalue weighted by Crippen LogP contribution is 2.45. The van der Waals surface area contributed by atoms with Crippen LogP contribution < -0.4 is 4.90 Å². The van der Waals surface area contributed by atoms with E-state index in [1.165, 1.54) is 33.0 Å². The lowest BCUT2D eigenvalue weighted by Gasteiger charge is -2.28. The van der Waals surface area contributed by atoms with Crippen molar-refractivity contribution in [3.8, 4) is 33.4 Å². The molecule has 0 fully saturated rings. The number of rotatable bonds is 6. The van der Waals surface area contributed by atoms with Crippen molar-refractivity contribution >= 4 is 49.8 Å². The summed E-state index contributed by atoms with van der Waals surface area (Å²) in [6, 6.07) is 66.9. The first kappa shape index (κ1) is 27.9. The average molecular weight is 614 g/mol. The lowest BCUT2D eigenvalue weighted by Crippen LogP contribution is -2.11. The SMILES string of the molecule is c1ccc(-c2ccc(-c3ccc(N(c4ccc5ccccc5c4)c4ccccc4-c4cccc5oc6ccccc6c45)cc3)cc2)cc1. The van der Waals surface area contributed by atoms with Crippen LogP contribution in [0.3, 0.4) is 0 Å². The van der Waals surface area contributed by atoms with Crippen LogP contribution in [0.25, 0.3) is 66.1 Å². The molecule has 2 nitrogen and oxygen atoms in total. The van der Waals surface area contributed by atoms with E-state index in [4.69, 9.17) is 4.42 Å². The number of para-hydroxylation sites is 2. The number of fused-ring (bicyclic) bond motifs is 4. The molecule has 0 bridgehead atoms. The molecular weight excluding hydrogens is 583 g/mol. The van der Waals surface area contributed by atoms with E-state index in [9.17, 15) is 0 Å². The Kier molecular flexibility index (Phi) is 6.84. The maximum Gasteiger partial charge on any atom is 0.136 e. The van der Waals surface area contributed by atoms with Crippen LogP contribution >= 0.6 is 0 Å². The fraction of sp³-hybridized carbons (Fsp3) is 0. The first-order valence-corrected chi connectivity index (χ1v) is 16.3. The number of benzene rings is 8. The van der Waals surface area contributed by atoms with Gasteiger partial charge in [-0.1, -0.05) is 146 Å². The largest absolute Gasteiger partial charge is 0.456 e. The van der Waals surface area contributed by atoms with E-state index in [1.807, 2.05) is 12.1 Å². The summed E-state index contributed by atoms with van der Waals surface area (Å²) in [4.78, 5) is 2.38. The average Bonchev–Trinajstić information content (AvgIpc) is 3.55. The number of nitrogens with zero attached hydrogens (tertiary/aromatic N) is 1. The molecule has 0 amide bonds. The molecule has 0 aliphatic heterocycles. The van der Waals surface area contributed by atoms with Crippen molar-refractivity contribution in [2.45, 2.75) is 0 Å². The molecule has 8 aromatic carbocycles. The summed E-state index contributed by atoms with van der Waals surface area (Å²) >= 11 is 0. The summed E-state index contributed by atoms with van der Waals surface area (Å²) in [6.45, 7) is 0. The molecule has 0 atom stereocenters. The molecular formula is C46H31NO. The Hall–Kier alpha value is -6.38. The van der Waals surface area contributed by atoms with Crippen molar-refractivity contribution < 1.29 is 4.42 Å². The summed E-state index contributed by atoms with van der Waals surface area (Å²) in [5, 5.41) is 4.68. The zero-order valence-electron chi connectivity index (χ0n) is 26.3. The number of hydrogen-bond acceptors (Lipinski definition) is 2. The Balaban J connectivity index is 1.19. The van der Waals surface area contributed by atoms with Crippen LogP contribution in [0.1, 0.15) is 0 Å². The van der Waals surface area contributed by atoms with Gasteiger partial charge in [-0.3, -0.25) is 0 Å². The topological polar surface area (TPSA) is 16.4 Å². The third-order valence-electron chi connectivity index (χ3n) is 9.28. The van der Waals surface area contributed by atoms with E-state index in [0.29, 0.717) is 0 Å². The second kappa shape index (κ2) is 11.8. The molecule has 0 saturated heterocycles. The van der Waals surface area contributed by atoms with Gasteiger partial charge in [-0.05, 0) is 81.1 Å². The van der Waals surface area contributed by atoms with Gasteiger partial charge in [-0.25, -0.2) is 0 Å². The molecule has 0 aliphatic carbocycles.